The van der Waals surface area contributed by atoms with Crippen molar-refractivity contribution in [2.75, 3.05) is 25.6 Å². The van der Waals surface area contributed by atoms with E-state index in [1.165, 1.54) is 0 Å². The number of rotatable bonds is 6. The molecule has 0 aromatic carbocycles. The summed E-state index contributed by atoms with van der Waals surface area (Å²) in [7, 11) is 1.63. The zero-order chi connectivity index (χ0) is 12.0. The molecule has 1 atom stereocenters. The predicted octanol–water partition coefficient (Wildman–Crippen LogP) is 1.33. The van der Waals surface area contributed by atoms with Crippen LogP contribution in [0, 0.1) is 0 Å². The van der Waals surface area contributed by atoms with Crippen molar-refractivity contribution in [3.8, 4) is 0 Å². The van der Waals surface area contributed by atoms with E-state index in [0.29, 0.717) is 18.7 Å². The van der Waals surface area contributed by atoms with Gasteiger partial charge in [-0.05, 0) is 18.6 Å². The monoisotopic (exact) mass is 224 g/mol. The maximum atomic E-state index is 10.7. The second kappa shape index (κ2) is 6.07. The van der Waals surface area contributed by atoms with Crippen molar-refractivity contribution in [2.45, 2.75) is 12.8 Å². The molecule has 0 spiro atoms. The fraction of sp³-hybridized carbons (Fsp3) is 0.455. The van der Waals surface area contributed by atoms with Crippen molar-refractivity contribution in [2.24, 2.45) is 0 Å². The van der Waals surface area contributed by atoms with Gasteiger partial charge >= 0.3 is 5.97 Å². The molecule has 0 aliphatic rings. The minimum atomic E-state index is -0.845. The molecular weight excluding hydrogens is 208 g/mol. The van der Waals surface area contributed by atoms with E-state index in [4.69, 9.17) is 9.84 Å². The molecule has 0 radical (unpaired) electrons. The van der Waals surface area contributed by atoms with Gasteiger partial charge < -0.3 is 15.2 Å². The number of aromatic nitrogens is 1. The van der Waals surface area contributed by atoms with Crippen molar-refractivity contribution in [3.05, 3.63) is 23.9 Å². The average Bonchev–Trinajstić information content (AvgIpc) is 2.29. The summed E-state index contributed by atoms with van der Waals surface area (Å²) in [4.78, 5) is 14.9. The molecule has 0 saturated carbocycles. The molecule has 88 valence electrons. The third kappa shape index (κ3) is 3.51. The fourth-order valence-electron chi connectivity index (χ4n) is 1.19. The zero-order valence-electron chi connectivity index (χ0n) is 9.43. The van der Waals surface area contributed by atoms with Gasteiger partial charge in [0.05, 0.1) is 12.5 Å². The van der Waals surface area contributed by atoms with Crippen LogP contribution in [-0.4, -0.2) is 36.3 Å². The predicted molar refractivity (Wildman–Crippen MR) is 60.7 cm³/mol. The fourth-order valence-corrected chi connectivity index (χ4v) is 1.19. The number of ether oxygens (including phenoxy) is 1. The van der Waals surface area contributed by atoms with Crippen molar-refractivity contribution in [3.63, 3.8) is 0 Å². The Morgan fingerprint density at radius 1 is 1.62 bits per heavy atom. The van der Waals surface area contributed by atoms with Gasteiger partial charge in [0.1, 0.15) is 5.82 Å². The van der Waals surface area contributed by atoms with Crippen LogP contribution in [0.15, 0.2) is 18.3 Å². The number of pyridine rings is 1. The molecule has 0 aliphatic heterocycles. The molecule has 0 fully saturated rings. The van der Waals surface area contributed by atoms with E-state index in [-0.39, 0.29) is 0 Å². The average molecular weight is 224 g/mol. The Kier molecular flexibility index (Phi) is 4.72. The van der Waals surface area contributed by atoms with Gasteiger partial charge in [0, 0.05) is 19.9 Å². The number of carboxylic acid groups (broad SMARTS) is 1. The van der Waals surface area contributed by atoms with Crippen LogP contribution in [0.1, 0.15) is 18.4 Å². The minimum absolute atomic E-state index is 0.527. The lowest BCUT2D eigenvalue weighted by Gasteiger charge is -2.08. The van der Waals surface area contributed by atoms with Gasteiger partial charge in [-0.15, -0.1) is 0 Å². The van der Waals surface area contributed by atoms with Crippen LogP contribution in [0.4, 0.5) is 5.82 Å². The lowest BCUT2D eigenvalue weighted by Crippen LogP contribution is -2.10. The summed E-state index contributed by atoms with van der Waals surface area (Å²) < 4.78 is 4.89. The van der Waals surface area contributed by atoms with E-state index in [1.54, 1.807) is 32.4 Å². The van der Waals surface area contributed by atoms with Crippen LogP contribution in [-0.2, 0) is 9.53 Å². The van der Waals surface area contributed by atoms with E-state index in [1.807, 2.05) is 0 Å². The summed E-state index contributed by atoms with van der Waals surface area (Å²) in [5.41, 5.74) is 0.699. The first-order valence-electron chi connectivity index (χ1n) is 5.06. The number of carboxylic acids is 1. The zero-order valence-corrected chi connectivity index (χ0v) is 9.43. The largest absolute Gasteiger partial charge is 0.481 e. The molecule has 1 rings (SSSR count). The number of nitrogens with one attached hydrogen (secondary N) is 1. The molecule has 2 N–H and O–H groups in total. The van der Waals surface area contributed by atoms with Gasteiger partial charge in [0.15, 0.2) is 0 Å². The van der Waals surface area contributed by atoms with Crippen LogP contribution in [0.3, 0.4) is 0 Å². The van der Waals surface area contributed by atoms with Crippen LogP contribution < -0.4 is 5.32 Å². The molecule has 1 aromatic heterocycles. The molecule has 1 unspecified atom stereocenters. The molecule has 1 aromatic rings. The van der Waals surface area contributed by atoms with Gasteiger partial charge in [-0.3, -0.25) is 4.79 Å². The lowest BCUT2D eigenvalue weighted by atomic mass is 10.0. The van der Waals surface area contributed by atoms with Crippen LogP contribution in [0.5, 0.6) is 0 Å². The second-order valence-corrected chi connectivity index (χ2v) is 3.46. The molecule has 5 heteroatoms. The number of hydrogen-bond acceptors (Lipinski definition) is 4. The number of carbonyl (C=O) groups is 1. The highest BCUT2D eigenvalue weighted by Gasteiger charge is 2.13. The molecule has 0 saturated heterocycles. The highest BCUT2D eigenvalue weighted by atomic mass is 16.5. The van der Waals surface area contributed by atoms with Gasteiger partial charge in [-0.25, -0.2) is 4.98 Å². The Morgan fingerprint density at radius 2 is 2.38 bits per heavy atom. The van der Waals surface area contributed by atoms with Gasteiger partial charge in [-0.1, -0.05) is 6.07 Å². The maximum Gasteiger partial charge on any atom is 0.310 e. The van der Waals surface area contributed by atoms with Crippen LogP contribution >= 0.6 is 0 Å². The molecule has 0 amide bonds. The Morgan fingerprint density at radius 3 is 2.88 bits per heavy atom. The lowest BCUT2D eigenvalue weighted by molar-refractivity contribution is -0.138. The Bertz CT molecular complexity index is 338. The van der Waals surface area contributed by atoms with E-state index in [2.05, 4.69) is 10.3 Å². The van der Waals surface area contributed by atoms with E-state index in [0.717, 1.165) is 5.82 Å². The molecule has 16 heavy (non-hydrogen) atoms. The quantitative estimate of drug-likeness (QED) is 0.713. The third-order valence-electron chi connectivity index (χ3n) is 2.27. The number of methoxy groups -OCH3 is 1. The Hall–Kier alpha value is -1.62. The molecule has 1 heterocycles. The van der Waals surface area contributed by atoms with E-state index >= 15 is 0 Å². The highest BCUT2D eigenvalue weighted by Crippen LogP contribution is 2.15. The standard InChI is InChI=1S/C11H16N2O3/c1-8(11(14)15)9-3-4-10(13-7-9)12-5-6-16-2/h3-4,7-8H,5-6H2,1-2H3,(H,12,13)(H,14,15). The van der Waals surface area contributed by atoms with Crippen molar-refractivity contribution >= 4 is 11.8 Å². The summed E-state index contributed by atoms with van der Waals surface area (Å²) in [5.74, 6) is -0.652. The van der Waals surface area contributed by atoms with Crippen molar-refractivity contribution in [1.29, 1.82) is 0 Å². The van der Waals surface area contributed by atoms with Crippen LogP contribution in [0.25, 0.3) is 0 Å². The third-order valence-corrected chi connectivity index (χ3v) is 2.27. The van der Waals surface area contributed by atoms with Crippen LogP contribution in [0.2, 0.25) is 0 Å². The second-order valence-electron chi connectivity index (χ2n) is 3.46. The minimum Gasteiger partial charge on any atom is -0.481 e. The van der Waals surface area contributed by atoms with Gasteiger partial charge in [-0.2, -0.15) is 0 Å². The molecule has 5 nitrogen and oxygen atoms in total. The Balaban J connectivity index is 2.57. The normalized spacial score (nSPS) is 12.1. The maximum absolute atomic E-state index is 10.7. The van der Waals surface area contributed by atoms with Gasteiger partial charge in [0.25, 0.3) is 0 Å². The highest BCUT2D eigenvalue weighted by molar-refractivity contribution is 5.75. The number of aliphatic carboxylic acids is 1. The summed E-state index contributed by atoms with van der Waals surface area (Å²) in [5, 5.41) is 11.9. The smallest absolute Gasteiger partial charge is 0.310 e. The summed E-state index contributed by atoms with van der Waals surface area (Å²) >= 11 is 0. The molecular formula is C11H16N2O3. The summed E-state index contributed by atoms with van der Waals surface area (Å²) in [6, 6.07) is 3.53. The number of anilines is 1. The van der Waals surface area contributed by atoms with Crippen molar-refractivity contribution in [1.82, 2.24) is 4.98 Å². The number of nitrogens with zero attached hydrogens (tertiary/aromatic N) is 1. The number of hydrogen-bond donors (Lipinski definition) is 2. The molecule has 0 aliphatic carbocycles. The topological polar surface area (TPSA) is 71.5 Å². The Labute approximate surface area is 94.5 Å². The first-order valence-corrected chi connectivity index (χ1v) is 5.06. The van der Waals surface area contributed by atoms with E-state index in [9.17, 15) is 4.79 Å². The first kappa shape index (κ1) is 12.4. The molecule has 0 bridgehead atoms. The van der Waals surface area contributed by atoms with Gasteiger partial charge in [0.2, 0.25) is 0 Å². The summed E-state index contributed by atoms with van der Waals surface area (Å²) in [6.45, 7) is 2.92. The first-order chi connectivity index (χ1) is 7.65. The van der Waals surface area contributed by atoms with Crippen molar-refractivity contribution < 1.29 is 14.6 Å². The SMILES string of the molecule is COCCNc1ccc(C(C)C(=O)O)cn1. The van der Waals surface area contributed by atoms with E-state index < -0.39 is 11.9 Å². The summed E-state index contributed by atoms with van der Waals surface area (Å²) in [6.07, 6.45) is 1.58.